The number of hydrogen-bond acceptors (Lipinski definition) is 14. The number of halogens is 1. The molecule has 344 valence electrons. The summed E-state index contributed by atoms with van der Waals surface area (Å²) in [6.45, 7) is 16.6. The molecule has 0 radical (unpaired) electrons. The van der Waals surface area contributed by atoms with E-state index in [4.69, 9.17) is 18.9 Å². The van der Waals surface area contributed by atoms with Crippen LogP contribution in [0.25, 0.3) is 0 Å². The van der Waals surface area contributed by atoms with Gasteiger partial charge in [0.05, 0.1) is 60.2 Å². The number of benzene rings is 2. The number of imide groups is 2. The molecule has 65 heavy (non-hydrogen) atoms. The molecule has 0 saturated carbocycles. The van der Waals surface area contributed by atoms with Gasteiger partial charge in [-0.15, -0.1) is 0 Å². The number of ether oxygens (including phenoxy) is 4. The van der Waals surface area contributed by atoms with Crippen LogP contribution in [0.4, 0.5) is 31.0 Å². The fourth-order valence-electron chi connectivity index (χ4n) is 7.01. The molecule has 2 aromatic carbocycles. The lowest BCUT2D eigenvalue weighted by Gasteiger charge is -2.36. The lowest BCUT2D eigenvalue weighted by molar-refractivity contribution is 0.0223. The maximum atomic E-state index is 13.2. The van der Waals surface area contributed by atoms with E-state index in [0.29, 0.717) is 60.4 Å². The second-order valence-corrected chi connectivity index (χ2v) is 17.1. The normalized spacial score (nSPS) is 15.9. The first kappa shape index (κ1) is 47.3. The smallest absolute Gasteiger partial charge is 0.410 e. The summed E-state index contributed by atoms with van der Waals surface area (Å²) in [5, 5.41) is 3.18. The maximum absolute atomic E-state index is 13.2. The number of carbonyl (C=O) groups excluding carboxylic acids is 6. The number of nitrogens with one attached hydrogen (secondary N) is 1. The van der Waals surface area contributed by atoms with E-state index in [1.165, 1.54) is 32.7 Å². The molecule has 0 atom stereocenters. The molecule has 1 N–H and O–H groups in total. The molecular weight excluding hydrogens is 844 g/mol. The molecule has 2 fully saturated rings. The van der Waals surface area contributed by atoms with Crippen molar-refractivity contribution in [1.82, 2.24) is 25.1 Å². The van der Waals surface area contributed by atoms with Gasteiger partial charge < -0.3 is 39.0 Å². The first-order chi connectivity index (χ1) is 30.8. The summed E-state index contributed by atoms with van der Waals surface area (Å²) < 4.78 is 33.8. The van der Waals surface area contributed by atoms with Crippen molar-refractivity contribution in [2.75, 3.05) is 81.3 Å². The van der Waals surface area contributed by atoms with Crippen molar-refractivity contribution in [2.24, 2.45) is 0 Å². The van der Waals surface area contributed by atoms with Gasteiger partial charge >= 0.3 is 12.2 Å². The van der Waals surface area contributed by atoms with Gasteiger partial charge in [0, 0.05) is 70.2 Å². The molecule has 0 unspecified atom stereocenters. The zero-order chi connectivity index (χ0) is 47.2. The molecule has 2 aromatic heterocycles. The predicted octanol–water partition coefficient (Wildman–Crippen LogP) is 5.80. The molecule has 6 heterocycles. The Morgan fingerprint density at radius 3 is 1.40 bits per heavy atom. The topological polar surface area (TPSA) is 193 Å². The summed E-state index contributed by atoms with van der Waals surface area (Å²) in [5.41, 5.74) is 1.59. The molecule has 4 aliphatic rings. The molecule has 18 nitrogen and oxygen atoms in total. The second-order valence-electron chi connectivity index (χ2n) is 17.1. The SMILES string of the molecule is CC(C)(C)OC(=O)N1CCNCC1.COc1ccc(N2C(=O)c3ccc(F)cc3C2=O)cn1.COc1ccc(N2C(=O)c3ccc(N4CCN(C(=O)OC(C)(C)C)CC4)cc3C2=O)cn1. The average molecular weight is 897 g/mol. The standard InChI is InChI=1S/C23H26N4O5.C14H9FN2O3.C9H18N2O2/c1-23(2,3)32-22(30)26-11-9-25(10-12-26)15-5-7-17-18(13-15)21(29)27(20(17)28)16-6-8-19(31-4)24-14-16;1-20-12-5-3-9(7-16-12)17-13(18)10-4-2-8(15)6-11(10)14(17)19;1-9(2,3)13-8(12)11-6-4-10-5-7-11/h5-8,13-14H,9-12H2,1-4H3;2-7H,1H3;10H,4-7H2,1-3H3. The predicted molar refractivity (Wildman–Crippen MR) is 237 cm³/mol. The summed E-state index contributed by atoms with van der Waals surface area (Å²) in [6.07, 6.45) is 2.28. The molecule has 6 amide bonds. The minimum absolute atomic E-state index is 0.0609. The first-order valence-corrected chi connectivity index (χ1v) is 20.9. The number of nitrogens with zero attached hydrogens (tertiary/aromatic N) is 7. The minimum atomic E-state index is -0.559. The fraction of sp³-hybridized carbons (Fsp3) is 0.391. The molecule has 19 heteroatoms. The van der Waals surface area contributed by atoms with Gasteiger partial charge in [0.25, 0.3) is 23.6 Å². The van der Waals surface area contributed by atoms with Gasteiger partial charge in [-0.25, -0.2) is 33.7 Å². The van der Waals surface area contributed by atoms with Crippen LogP contribution in [-0.2, 0) is 9.47 Å². The number of hydrogen-bond donors (Lipinski definition) is 1. The van der Waals surface area contributed by atoms with Gasteiger partial charge in [-0.2, -0.15) is 0 Å². The van der Waals surface area contributed by atoms with Crippen LogP contribution in [0.15, 0.2) is 73.1 Å². The van der Waals surface area contributed by atoms with E-state index < -0.39 is 23.2 Å². The number of carbonyl (C=O) groups is 6. The number of methoxy groups -OCH3 is 2. The van der Waals surface area contributed by atoms with Crippen molar-refractivity contribution >= 4 is 52.9 Å². The number of rotatable bonds is 5. The Hall–Kier alpha value is -7.15. The monoisotopic (exact) mass is 896 g/mol. The molecule has 2 saturated heterocycles. The lowest BCUT2D eigenvalue weighted by atomic mass is 10.1. The zero-order valence-corrected chi connectivity index (χ0v) is 37.7. The lowest BCUT2D eigenvalue weighted by Crippen LogP contribution is -2.50. The number of anilines is 3. The Kier molecular flexibility index (Phi) is 14.4. The Morgan fingerprint density at radius 2 is 0.969 bits per heavy atom. The van der Waals surface area contributed by atoms with Crippen molar-refractivity contribution in [1.29, 1.82) is 0 Å². The number of pyridine rings is 2. The highest BCUT2D eigenvalue weighted by Crippen LogP contribution is 2.32. The highest BCUT2D eigenvalue weighted by molar-refractivity contribution is 6.35. The maximum Gasteiger partial charge on any atom is 0.410 e. The van der Waals surface area contributed by atoms with Crippen molar-refractivity contribution in [3.8, 4) is 11.8 Å². The molecular formula is C46H53FN8O10. The Bertz CT molecular complexity index is 2420. The fourth-order valence-corrected chi connectivity index (χ4v) is 7.01. The summed E-state index contributed by atoms with van der Waals surface area (Å²) in [7, 11) is 2.96. The van der Waals surface area contributed by atoms with E-state index in [-0.39, 0.29) is 40.7 Å². The first-order valence-electron chi connectivity index (χ1n) is 20.9. The third-order valence-electron chi connectivity index (χ3n) is 10.2. The van der Waals surface area contributed by atoms with Gasteiger partial charge in [-0.05, 0) is 90.1 Å². The number of piperazine rings is 2. The number of aromatic nitrogens is 2. The molecule has 0 bridgehead atoms. The van der Waals surface area contributed by atoms with Crippen LogP contribution in [0.1, 0.15) is 83.0 Å². The Morgan fingerprint density at radius 1 is 0.554 bits per heavy atom. The van der Waals surface area contributed by atoms with Gasteiger partial charge in [0.15, 0.2) is 0 Å². The molecule has 4 aliphatic heterocycles. The van der Waals surface area contributed by atoms with Crippen LogP contribution in [0.3, 0.4) is 0 Å². The quantitative estimate of drug-likeness (QED) is 0.236. The van der Waals surface area contributed by atoms with E-state index in [9.17, 15) is 33.2 Å². The van der Waals surface area contributed by atoms with Crippen molar-refractivity contribution < 1.29 is 52.1 Å². The van der Waals surface area contributed by atoms with E-state index >= 15 is 0 Å². The van der Waals surface area contributed by atoms with Crippen molar-refractivity contribution in [3.05, 3.63) is 101 Å². The minimum Gasteiger partial charge on any atom is -0.481 e. The highest BCUT2D eigenvalue weighted by atomic mass is 19.1. The molecule has 0 aliphatic carbocycles. The average Bonchev–Trinajstić information content (AvgIpc) is 3.68. The van der Waals surface area contributed by atoms with Crippen LogP contribution >= 0.6 is 0 Å². The van der Waals surface area contributed by atoms with E-state index in [1.54, 1.807) is 46.2 Å². The van der Waals surface area contributed by atoms with Crippen LogP contribution in [0, 0.1) is 5.82 Å². The summed E-state index contributed by atoms with van der Waals surface area (Å²) >= 11 is 0. The summed E-state index contributed by atoms with van der Waals surface area (Å²) in [4.78, 5) is 89.7. The van der Waals surface area contributed by atoms with Crippen LogP contribution in [-0.4, -0.2) is 133 Å². The Balaban J connectivity index is 0.000000180. The molecule has 8 rings (SSSR count). The van der Waals surface area contributed by atoms with Crippen LogP contribution < -0.4 is 29.5 Å². The third-order valence-corrected chi connectivity index (χ3v) is 10.2. The van der Waals surface area contributed by atoms with Crippen molar-refractivity contribution in [3.63, 3.8) is 0 Å². The molecule has 4 aromatic rings. The van der Waals surface area contributed by atoms with E-state index in [0.717, 1.165) is 53.8 Å². The number of fused-ring (bicyclic) bond motifs is 2. The van der Waals surface area contributed by atoms with Gasteiger partial charge in [0.1, 0.15) is 17.0 Å². The third kappa shape index (κ3) is 11.3. The molecule has 0 spiro atoms. The van der Waals surface area contributed by atoms with Crippen LogP contribution in [0.2, 0.25) is 0 Å². The van der Waals surface area contributed by atoms with Crippen LogP contribution in [0.5, 0.6) is 11.8 Å². The van der Waals surface area contributed by atoms with Gasteiger partial charge in [-0.3, -0.25) is 19.2 Å². The summed E-state index contributed by atoms with van der Waals surface area (Å²) in [6, 6.07) is 15.1. The zero-order valence-electron chi connectivity index (χ0n) is 37.7. The number of amides is 6. The Labute approximate surface area is 376 Å². The van der Waals surface area contributed by atoms with Crippen molar-refractivity contribution in [2.45, 2.75) is 52.7 Å². The largest absolute Gasteiger partial charge is 0.481 e. The highest BCUT2D eigenvalue weighted by Gasteiger charge is 2.39. The second kappa shape index (κ2) is 19.7. The summed E-state index contributed by atoms with van der Waals surface area (Å²) in [5.74, 6) is -1.59. The van der Waals surface area contributed by atoms with Gasteiger partial charge in [-0.1, -0.05) is 0 Å². The van der Waals surface area contributed by atoms with E-state index in [1.807, 2.05) is 47.6 Å². The van der Waals surface area contributed by atoms with Gasteiger partial charge in [0.2, 0.25) is 11.8 Å². The van der Waals surface area contributed by atoms with E-state index in [2.05, 4.69) is 20.2 Å².